The van der Waals surface area contributed by atoms with Gasteiger partial charge < -0.3 is 5.11 Å². The number of halogens is 2. The lowest BCUT2D eigenvalue weighted by molar-refractivity contribution is -0.121. The molecule has 9 heteroatoms. The molecule has 1 aromatic heterocycles. The fraction of sp³-hybridized carbons (Fsp3) is 0.125. The van der Waals surface area contributed by atoms with Crippen molar-refractivity contribution in [2.24, 2.45) is 5.10 Å². The van der Waals surface area contributed by atoms with E-state index in [-0.39, 0.29) is 18.1 Å². The van der Waals surface area contributed by atoms with E-state index in [2.05, 4.69) is 52.7 Å². The zero-order valence-corrected chi connectivity index (χ0v) is 16.0. The lowest BCUT2D eigenvalue weighted by Crippen LogP contribution is -2.19. The average Bonchev–Trinajstić information content (AvgIpc) is 3.00. The van der Waals surface area contributed by atoms with Gasteiger partial charge in [0.15, 0.2) is 0 Å². The zero-order valence-electron chi connectivity index (χ0n) is 12.9. The predicted molar refractivity (Wildman–Crippen MR) is 101 cm³/mol. The lowest BCUT2D eigenvalue weighted by atomic mass is 10.2. The molecule has 0 atom stereocenters. The Labute approximate surface area is 160 Å². The molecular weight excluding hydrogens is 454 g/mol. The number of amides is 1. The maximum Gasteiger partial charge on any atom is 0.241 e. The van der Waals surface area contributed by atoms with Crippen LogP contribution in [0.3, 0.4) is 0 Å². The molecule has 0 saturated carbocycles. The summed E-state index contributed by atoms with van der Waals surface area (Å²) in [6.45, 7) is 0.398. The van der Waals surface area contributed by atoms with E-state index in [1.807, 2.05) is 24.3 Å². The van der Waals surface area contributed by atoms with Crippen LogP contribution in [0.25, 0.3) is 11.0 Å². The van der Waals surface area contributed by atoms with E-state index < -0.39 is 0 Å². The van der Waals surface area contributed by atoms with E-state index in [9.17, 15) is 9.90 Å². The molecule has 25 heavy (non-hydrogen) atoms. The first kappa shape index (κ1) is 17.6. The molecule has 0 saturated heterocycles. The molecule has 1 heterocycles. The number of aromatic nitrogens is 3. The number of rotatable bonds is 5. The number of hydrogen-bond donors (Lipinski definition) is 2. The third-order valence-corrected chi connectivity index (χ3v) is 4.48. The second-order valence-corrected chi connectivity index (χ2v) is 6.94. The van der Waals surface area contributed by atoms with Crippen LogP contribution in [0, 0.1) is 0 Å². The van der Waals surface area contributed by atoms with Gasteiger partial charge in [-0.25, -0.2) is 10.1 Å². The number of para-hydroxylation sites is 1. The van der Waals surface area contributed by atoms with Gasteiger partial charge in [0.2, 0.25) is 5.91 Å². The molecule has 3 aromatic rings. The Kier molecular flexibility index (Phi) is 5.44. The minimum atomic E-state index is -0.260. The number of carbonyl (C=O) groups excluding carboxylic acids is 1. The normalized spacial score (nSPS) is 11.3. The molecule has 0 aliphatic heterocycles. The summed E-state index contributed by atoms with van der Waals surface area (Å²) in [5.41, 5.74) is 4.58. The van der Waals surface area contributed by atoms with Crippen molar-refractivity contribution in [3.63, 3.8) is 0 Å². The highest BCUT2D eigenvalue weighted by Gasteiger charge is 2.07. The monoisotopic (exact) mass is 465 g/mol. The number of hydrazone groups is 1. The molecule has 7 nitrogen and oxygen atoms in total. The highest BCUT2D eigenvalue weighted by molar-refractivity contribution is 9.11. The Morgan fingerprint density at radius 1 is 1.32 bits per heavy atom. The van der Waals surface area contributed by atoms with Crippen molar-refractivity contribution in [3.05, 3.63) is 50.9 Å². The van der Waals surface area contributed by atoms with Crippen LogP contribution in [0.15, 0.2) is 50.4 Å². The molecule has 0 aliphatic rings. The van der Waals surface area contributed by atoms with Gasteiger partial charge in [-0.2, -0.15) is 5.10 Å². The number of aromatic hydroxyl groups is 1. The molecule has 0 fully saturated rings. The second-order valence-electron chi connectivity index (χ2n) is 5.17. The first-order valence-electron chi connectivity index (χ1n) is 7.33. The maximum atomic E-state index is 11.9. The average molecular weight is 467 g/mol. The van der Waals surface area contributed by atoms with Gasteiger partial charge in [0, 0.05) is 16.5 Å². The minimum Gasteiger partial charge on any atom is -0.506 e. The van der Waals surface area contributed by atoms with E-state index in [0.29, 0.717) is 16.6 Å². The number of fused-ring (bicyclic) bond motifs is 1. The fourth-order valence-corrected chi connectivity index (χ4v) is 3.46. The zero-order chi connectivity index (χ0) is 17.8. The number of phenolic OH excluding ortho intramolecular Hbond substituents is 1. The van der Waals surface area contributed by atoms with Crippen molar-refractivity contribution in [3.8, 4) is 5.75 Å². The minimum absolute atomic E-state index is 0.0512. The Balaban J connectivity index is 1.58. The third kappa shape index (κ3) is 4.23. The summed E-state index contributed by atoms with van der Waals surface area (Å²) in [4.78, 5) is 11.9. The molecular formula is C16H13Br2N5O2. The Hall–Kier alpha value is -2.26. The number of phenols is 1. The molecule has 2 N–H and O–H groups in total. The summed E-state index contributed by atoms with van der Waals surface area (Å²) < 4.78 is 2.99. The number of hydrogen-bond acceptors (Lipinski definition) is 5. The van der Waals surface area contributed by atoms with Gasteiger partial charge in [0.05, 0.1) is 22.7 Å². The van der Waals surface area contributed by atoms with Crippen LogP contribution in [0.2, 0.25) is 0 Å². The standard InChI is InChI=1S/C16H13Br2N5O2/c17-11-7-10(16(25)12(18)8-11)9-19-21-15(24)5-6-23-14-4-2-1-3-13(14)20-22-23/h1-4,7-9,25H,5-6H2,(H,21,24)/b19-9-. The van der Waals surface area contributed by atoms with E-state index in [4.69, 9.17) is 0 Å². The van der Waals surface area contributed by atoms with Crippen LogP contribution in [-0.2, 0) is 11.3 Å². The van der Waals surface area contributed by atoms with Crippen molar-refractivity contribution >= 4 is 55.0 Å². The van der Waals surface area contributed by atoms with Gasteiger partial charge in [-0.05, 0) is 40.2 Å². The van der Waals surface area contributed by atoms with E-state index in [1.54, 1.807) is 16.8 Å². The number of nitrogens with one attached hydrogen (secondary N) is 1. The molecule has 0 radical (unpaired) electrons. The molecule has 0 bridgehead atoms. The smallest absolute Gasteiger partial charge is 0.241 e. The summed E-state index contributed by atoms with van der Waals surface area (Å²) in [5.74, 6) is -0.209. The first-order chi connectivity index (χ1) is 12.0. The largest absolute Gasteiger partial charge is 0.506 e. The van der Waals surface area contributed by atoms with Crippen molar-refractivity contribution in [1.29, 1.82) is 0 Å². The molecule has 3 rings (SSSR count). The van der Waals surface area contributed by atoms with Crippen molar-refractivity contribution in [1.82, 2.24) is 20.4 Å². The quantitative estimate of drug-likeness (QED) is 0.446. The van der Waals surface area contributed by atoms with E-state index >= 15 is 0 Å². The van der Waals surface area contributed by atoms with Crippen LogP contribution in [0.5, 0.6) is 5.75 Å². The van der Waals surface area contributed by atoms with Crippen molar-refractivity contribution in [2.45, 2.75) is 13.0 Å². The Bertz CT molecular complexity index is 955. The molecule has 0 spiro atoms. The van der Waals surface area contributed by atoms with Gasteiger partial charge >= 0.3 is 0 Å². The Morgan fingerprint density at radius 3 is 2.96 bits per heavy atom. The molecule has 1 amide bonds. The topological polar surface area (TPSA) is 92.4 Å². The van der Waals surface area contributed by atoms with Gasteiger partial charge in [-0.1, -0.05) is 33.3 Å². The molecule has 128 valence electrons. The van der Waals surface area contributed by atoms with E-state index in [1.165, 1.54) is 6.21 Å². The summed E-state index contributed by atoms with van der Waals surface area (Å²) in [6.07, 6.45) is 1.59. The maximum absolute atomic E-state index is 11.9. The van der Waals surface area contributed by atoms with Gasteiger partial charge in [-0.3, -0.25) is 4.79 Å². The van der Waals surface area contributed by atoms with Gasteiger partial charge in [0.25, 0.3) is 0 Å². The van der Waals surface area contributed by atoms with Crippen LogP contribution in [0.1, 0.15) is 12.0 Å². The molecule has 0 aliphatic carbocycles. The van der Waals surface area contributed by atoms with E-state index in [0.717, 1.165) is 15.5 Å². The predicted octanol–water partition coefficient (Wildman–Crippen LogP) is 3.20. The SMILES string of the molecule is O=C(CCn1nnc2ccccc21)N/N=C\c1cc(Br)cc(Br)c1O. The van der Waals surface area contributed by atoms with Crippen molar-refractivity contribution < 1.29 is 9.90 Å². The lowest BCUT2D eigenvalue weighted by Gasteiger charge is -2.04. The van der Waals surface area contributed by atoms with Crippen molar-refractivity contribution in [2.75, 3.05) is 0 Å². The number of aryl methyl sites for hydroxylation is 1. The van der Waals surface area contributed by atoms with Crippen LogP contribution in [0.4, 0.5) is 0 Å². The third-order valence-electron chi connectivity index (χ3n) is 3.42. The highest BCUT2D eigenvalue weighted by atomic mass is 79.9. The molecule has 0 unspecified atom stereocenters. The number of benzene rings is 2. The summed E-state index contributed by atoms with van der Waals surface area (Å²) in [5, 5.41) is 21.9. The first-order valence-corrected chi connectivity index (χ1v) is 8.91. The Morgan fingerprint density at radius 2 is 2.12 bits per heavy atom. The second kappa shape index (κ2) is 7.75. The van der Waals surface area contributed by atoms with Crippen LogP contribution >= 0.6 is 31.9 Å². The van der Waals surface area contributed by atoms with Gasteiger partial charge in [0.1, 0.15) is 11.3 Å². The fourth-order valence-electron chi connectivity index (χ4n) is 2.20. The number of nitrogens with zero attached hydrogens (tertiary/aromatic N) is 4. The summed E-state index contributed by atoms with van der Waals surface area (Å²) >= 11 is 6.57. The summed E-state index contributed by atoms with van der Waals surface area (Å²) in [6, 6.07) is 11.0. The number of carbonyl (C=O) groups is 1. The molecule has 2 aromatic carbocycles. The van der Waals surface area contributed by atoms with Crippen LogP contribution in [-0.4, -0.2) is 32.2 Å². The summed E-state index contributed by atoms with van der Waals surface area (Å²) in [7, 11) is 0. The van der Waals surface area contributed by atoms with Crippen LogP contribution < -0.4 is 5.43 Å². The highest BCUT2D eigenvalue weighted by Crippen LogP contribution is 2.30. The van der Waals surface area contributed by atoms with Gasteiger partial charge in [-0.15, -0.1) is 5.10 Å².